The van der Waals surface area contributed by atoms with Gasteiger partial charge in [-0.05, 0) is 19.1 Å². The summed E-state index contributed by atoms with van der Waals surface area (Å²) in [7, 11) is 0. The second kappa shape index (κ2) is 5.65. The topological polar surface area (TPSA) is 55.6 Å². The Morgan fingerprint density at radius 2 is 2.23 bits per heavy atom. The molecule has 3 rings (SSSR count). The summed E-state index contributed by atoms with van der Waals surface area (Å²) in [6.45, 7) is 6.31. The number of fused-ring (bicyclic) bond motifs is 1. The van der Waals surface area contributed by atoms with Crippen molar-refractivity contribution >= 4 is 23.2 Å². The fraction of sp³-hybridized carbons (Fsp3) is 0.375. The molecule has 1 unspecified atom stereocenters. The summed E-state index contributed by atoms with van der Waals surface area (Å²) in [6.07, 6.45) is -0.146. The molecule has 1 aliphatic heterocycles. The molecular formula is C16H17ClN2O3. The maximum absolute atomic E-state index is 12.8. The molecule has 0 bridgehead atoms. The van der Waals surface area contributed by atoms with E-state index in [9.17, 15) is 4.79 Å². The quantitative estimate of drug-likeness (QED) is 0.842. The molecule has 0 saturated carbocycles. The van der Waals surface area contributed by atoms with Crippen LogP contribution < -0.4 is 9.64 Å². The van der Waals surface area contributed by atoms with Crippen LogP contribution in [0.5, 0.6) is 5.75 Å². The van der Waals surface area contributed by atoms with Gasteiger partial charge in [0.2, 0.25) is 0 Å². The molecule has 0 fully saturated rings. The maximum Gasteiger partial charge on any atom is 0.280 e. The number of para-hydroxylation sites is 1. The number of aromatic nitrogens is 1. The van der Waals surface area contributed by atoms with Crippen molar-refractivity contribution in [3.8, 4) is 5.75 Å². The third kappa shape index (κ3) is 2.57. The van der Waals surface area contributed by atoms with Crippen LogP contribution >= 0.6 is 11.6 Å². The van der Waals surface area contributed by atoms with E-state index >= 15 is 0 Å². The van der Waals surface area contributed by atoms with E-state index in [0.717, 1.165) is 0 Å². The number of amides is 1. The molecule has 1 aliphatic rings. The van der Waals surface area contributed by atoms with Crippen molar-refractivity contribution in [1.82, 2.24) is 5.16 Å². The second-order valence-electron chi connectivity index (χ2n) is 5.70. The number of halogens is 1. The van der Waals surface area contributed by atoms with Gasteiger partial charge in [0.15, 0.2) is 11.4 Å². The summed E-state index contributed by atoms with van der Waals surface area (Å²) >= 11 is 6.17. The Morgan fingerprint density at radius 3 is 2.91 bits per heavy atom. The van der Waals surface area contributed by atoms with Gasteiger partial charge in [-0.1, -0.05) is 36.7 Å². The molecule has 0 radical (unpaired) electrons. The second-order valence-corrected chi connectivity index (χ2v) is 6.11. The lowest BCUT2D eigenvalue weighted by atomic mass is 10.1. The molecule has 0 saturated heterocycles. The van der Waals surface area contributed by atoms with Crippen molar-refractivity contribution in [3.05, 3.63) is 40.7 Å². The zero-order chi connectivity index (χ0) is 15.9. The number of nitrogens with zero attached hydrogens (tertiary/aromatic N) is 2. The van der Waals surface area contributed by atoms with E-state index in [4.69, 9.17) is 20.9 Å². The Hall–Kier alpha value is -2.01. The van der Waals surface area contributed by atoms with E-state index < -0.39 is 0 Å². The van der Waals surface area contributed by atoms with Gasteiger partial charge in [-0.15, -0.1) is 0 Å². The van der Waals surface area contributed by atoms with E-state index in [0.29, 0.717) is 34.5 Å². The minimum atomic E-state index is -0.214. The molecule has 6 heteroatoms. The van der Waals surface area contributed by atoms with E-state index in [1.54, 1.807) is 23.1 Å². The highest BCUT2D eigenvalue weighted by Gasteiger charge is 2.31. The summed E-state index contributed by atoms with van der Waals surface area (Å²) in [5.74, 6) is 1.19. The first-order chi connectivity index (χ1) is 10.5. The average molecular weight is 321 g/mol. The fourth-order valence-electron chi connectivity index (χ4n) is 2.41. The standard InChI is InChI=1S/C16H17ClN2O3/c1-9(2)14-7-12(18-22-14)16(20)19-8-10(3)21-15-11(17)5-4-6-13(15)19/h4-7,9-10H,8H2,1-3H3. The summed E-state index contributed by atoms with van der Waals surface area (Å²) in [5, 5.41) is 4.38. The lowest BCUT2D eigenvalue weighted by Crippen LogP contribution is -2.42. The van der Waals surface area contributed by atoms with Crippen LogP contribution in [0.4, 0.5) is 5.69 Å². The van der Waals surface area contributed by atoms with Crippen molar-refractivity contribution in [3.63, 3.8) is 0 Å². The molecular weight excluding hydrogens is 304 g/mol. The van der Waals surface area contributed by atoms with Gasteiger partial charge in [0.05, 0.1) is 17.3 Å². The first-order valence-corrected chi connectivity index (χ1v) is 7.58. The lowest BCUT2D eigenvalue weighted by Gasteiger charge is -2.33. The van der Waals surface area contributed by atoms with E-state index in [1.807, 2.05) is 26.8 Å². The van der Waals surface area contributed by atoms with Crippen molar-refractivity contribution in [2.24, 2.45) is 0 Å². The minimum absolute atomic E-state index is 0.146. The normalized spacial score (nSPS) is 17.3. The molecule has 116 valence electrons. The Bertz CT molecular complexity index is 711. The Labute approximate surface area is 133 Å². The number of hydrogen-bond acceptors (Lipinski definition) is 4. The molecule has 0 spiro atoms. The molecule has 2 aromatic rings. The summed E-state index contributed by atoms with van der Waals surface area (Å²) in [6, 6.07) is 7.04. The molecule has 1 aromatic carbocycles. The van der Waals surface area contributed by atoms with Crippen LogP contribution in [0.2, 0.25) is 5.02 Å². The van der Waals surface area contributed by atoms with Gasteiger partial charge in [0.25, 0.3) is 5.91 Å². The van der Waals surface area contributed by atoms with Crippen molar-refractivity contribution in [2.75, 3.05) is 11.4 Å². The molecule has 1 atom stereocenters. The van der Waals surface area contributed by atoms with Crippen LogP contribution in [-0.4, -0.2) is 23.7 Å². The van der Waals surface area contributed by atoms with Gasteiger partial charge >= 0.3 is 0 Å². The summed E-state index contributed by atoms with van der Waals surface area (Å²) in [4.78, 5) is 14.4. The molecule has 1 amide bonds. The molecule has 2 heterocycles. The number of ether oxygens (including phenoxy) is 1. The monoisotopic (exact) mass is 320 g/mol. The number of hydrogen-bond donors (Lipinski definition) is 0. The fourth-order valence-corrected chi connectivity index (χ4v) is 2.63. The lowest BCUT2D eigenvalue weighted by molar-refractivity contribution is 0.0952. The number of benzene rings is 1. The van der Waals surface area contributed by atoms with E-state index in [-0.39, 0.29) is 17.9 Å². The zero-order valence-corrected chi connectivity index (χ0v) is 13.4. The van der Waals surface area contributed by atoms with Gasteiger partial charge in [-0.3, -0.25) is 9.69 Å². The Kier molecular flexibility index (Phi) is 3.83. The minimum Gasteiger partial charge on any atom is -0.485 e. The van der Waals surface area contributed by atoms with E-state index in [1.165, 1.54) is 0 Å². The first kappa shape index (κ1) is 14.9. The third-order valence-electron chi connectivity index (χ3n) is 3.56. The Balaban J connectivity index is 1.97. The van der Waals surface area contributed by atoms with Crippen molar-refractivity contribution in [1.29, 1.82) is 0 Å². The molecule has 0 N–H and O–H groups in total. The zero-order valence-electron chi connectivity index (χ0n) is 12.7. The van der Waals surface area contributed by atoms with Crippen LogP contribution in [-0.2, 0) is 0 Å². The molecule has 0 aliphatic carbocycles. The maximum atomic E-state index is 12.8. The molecule has 1 aromatic heterocycles. The number of carbonyl (C=O) groups excluding carboxylic acids is 1. The number of carbonyl (C=O) groups is 1. The van der Waals surface area contributed by atoms with Crippen LogP contribution in [0.25, 0.3) is 0 Å². The van der Waals surface area contributed by atoms with Crippen LogP contribution in [0, 0.1) is 0 Å². The molecule has 5 nitrogen and oxygen atoms in total. The predicted molar refractivity (Wildman–Crippen MR) is 83.8 cm³/mol. The molecule has 22 heavy (non-hydrogen) atoms. The number of rotatable bonds is 2. The van der Waals surface area contributed by atoms with Crippen LogP contribution in [0.15, 0.2) is 28.8 Å². The van der Waals surface area contributed by atoms with Gasteiger partial charge in [0, 0.05) is 12.0 Å². The SMILES string of the molecule is CC1CN(C(=O)c2cc(C(C)C)on2)c2cccc(Cl)c2O1. The highest BCUT2D eigenvalue weighted by Crippen LogP contribution is 2.39. The van der Waals surface area contributed by atoms with Gasteiger partial charge in [-0.25, -0.2) is 0 Å². The largest absolute Gasteiger partial charge is 0.485 e. The highest BCUT2D eigenvalue weighted by atomic mass is 35.5. The van der Waals surface area contributed by atoms with Crippen LogP contribution in [0.3, 0.4) is 0 Å². The van der Waals surface area contributed by atoms with Crippen molar-refractivity contribution < 1.29 is 14.1 Å². The average Bonchev–Trinajstić information content (AvgIpc) is 2.97. The number of anilines is 1. The van der Waals surface area contributed by atoms with Gasteiger partial charge in [0.1, 0.15) is 11.9 Å². The third-order valence-corrected chi connectivity index (χ3v) is 3.86. The summed E-state index contributed by atoms with van der Waals surface area (Å²) < 4.78 is 11.0. The predicted octanol–water partition coefficient (Wildman–Crippen LogP) is 3.88. The van der Waals surface area contributed by atoms with Gasteiger partial charge in [-0.2, -0.15) is 0 Å². The Morgan fingerprint density at radius 1 is 1.45 bits per heavy atom. The smallest absolute Gasteiger partial charge is 0.280 e. The van der Waals surface area contributed by atoms with Crippen molar-refractivity contribution in [2.45, 2.75) is 32.8 Å². The van der Waals surface area contributed by atoms with Gasteiger partial charge < -0.3 is 9.26 Å². The van der Waals surface area contributed by atoms with Crippen LogP contribution in [0.1, 0.15) is 42.9 Å². The summed E-state index contributed by atoms with van der Waals surface area (Å²) in [5.41, 5.74) is 0.952. The first-order valence-electron chi connectivity index (χ1n) is 7.21. The highest BCUT2D eigenvalue weighted by molar-refractivity contribution is 6.32. The van der Waals surface area contributed by atoms with E-state index in [2.05, 4.69) is 5.16 Å².